The second kappa shape index (κ2) is 7.74. The monoisotopic (exact) mass is 311 g/mol. The van der Waals surface area contributed by atoms with Gasteiger partial charge in [-0.25, -0.2) is 0 Å². The van der Waals surface area contributed by atoms with Gasteiger partial charge in [-0.15, -0.1) is 0 Å². The second-order valence-corrected chi connectivity index (χ2v) is 4.89. The molecule has 2 aromatic rings. The summed E-state index contributed by atoms with van der Waals surface area (Å²) in [5.41, 5.74) is 6.39. The molecule has 3 amide bonds. The van der Waals surface area contributed by atoms with E-state index < -0.39 is 17.7 Å². The molecule has 0 bridgehead atoms. The van der Waals surface area contributed by atoms with Crippen LogP contribution in [0.2, 0.25) is 0 Å². The quantitative estimate of drug-likeness (QED) is 0.585. The van der Waals surface area contributed by atoms with Gasteiger partial charge in [0.25, 0.3) is 5.91 Å². The minimum absolute atomic E-state index is 0.235. The van der Waals surface area contributed by atoms with E-state index in [1.54, 1.807) is 25.1 Å². The molecular weight excluding hydrogens is 294 g/mol. The SMILES string of the molecule is Cc1ccccc1C(=O)NNC(=O)C(=O)NCc1ccccc1. The fraction of sp³-hybridized carbons (Fsp3) is 0.118. The first-order valence-corrected chi connectivity index (χ1v) is 7.06. The van der Waals surface area contributed by atoms with Crippen LogP contribution in [0.15, 0.2) is 54.6 Å². The highest BCUT2D eigenvalue weighted by Crippen LogP contribution is 2.05. The summed E-state index contributed by atoms with van der Waals surface area (Å²) < 4.78 is 0. The van der Waals surface area contributed by atoms with Crippen molar-refractivity contribution in [2.24, 2.45) is 0 Å². The molecule has 0 aliphatic rings. The largest absolute Gasteiger partial charge is 0.344 e. The molecule has 0 spiro atoms. The number of hydrazine groups is 1. The maximum Gasteiger partial charge on any atom is 0.327 e. The van der Waals surface area contributed by atoms with Gasteiger partial charge in [0.2, 0.25) is 0 Å². The molecule has 0 aromatic heterocycles. The lowest BCUT2D eigenvalue weighted by atomic mass is 10.1. The fourth-order valence-corrected chi connectivity index (χ4v) is 1.92. The Kier molecular flexibility index (Phi) is 5.46. The Bertz CT molecular complexity index is 714. The molecule has 6 heteroatoms. The first kappa shape index (κ1) is 16.2. The number of carbonyl (C=O) groups excluding carboxylic acids is 3. The van der Waals surface area contributed by atoms with Crippen molar-refractivity contribution in [3.63, 3.8) is 0 Å². The molecule has 0 heterocycles. The van der Waals surface area contributed by atoms with E-state index in [9.17, 15) is 14.4 Å². The summed E-state index contributed by atoms with van der Waals surface area (Å²) >= 11 is 0. The van der Waals surface area contributed by atoms with Crippen molar-refractivity contribution in [1.82, 2.24) is 16.2 Å². The molecule has 6 nitrogen and oxygen atoms in total. The Labute approximate surface area is 133 Å². The van der Waals surface area contributed by atoms with Crippen LogP contribution in [0.1, 0.15) is 21.5 Å². The first-order valence-electron chi connectivity index (χ1n) is 7.06. The van der Waals surface area contributed by atoms with Gasteiger partial charge in [0, 0.05) is 12.1 Å². The Morgan fingerprint density at radius 3 is 2.17 bits per heavy atom. The number of hydrogen-bond acceptors (Lipinski definition) is 3. The Morgan fingerprint density at radius 2 is 1.48 bits per heavy atom. The number of benzene rings is 2. The molecule has 0 aliphatic carbocycles. The number of rotatable bonds is 3. The van der Waals surface area contributed by atoms with Crippen LogP contribution in [0, 0.1) is 6.92 Å². The lowest BCUT2D eigenvalue weighted by Gasteiger charge is -2.09. The Balaban J connectivity index is 1.81. The van der Waals surface area contributed by atoms with Crippen molar-refractivity contribution >= 4 is 17.7 Å². The van der Waals surface area contributed by atoms with Crippen molar-refractivity contribution < 1.29 is 14.4 Å². The van der Waals surface area contributed by atoms with Gasteiger partial charge in [0.15, 0.2) is 0 Å². The fourth-order valence-electron chi connectivity index (χ4n) is 1.92. The summed E-state index contributed by atoms with van der Waals surface area (Å²) in [4.78, 5) is 35.2. The third-order valence-electron chi connectivity index (χ3n) is 3.18. The van der Waals surface area contributed by atoms with Crippen LogP contribution in [0.5, 0.6) is 0 Å². The molecule has 0 atom stereocenters. The molecule has 3 N–H and O–H groups in total. The van der Waals surface area contributed by atoms with Gasteiger partial charge >= 0.3 is 11.8 Å². The van der Waals surface area contributed by atoms with Crippen LogP contribution in [-0.4, -0.2) is 17.7 Å². The molecule has 118 valence electrons. The smallest absolute Gasteiger partial charge is 0.327 e. The molecule has 2 rings (SSSR count). The maximum absolute atomic E-state index is 11.9. The van der Waals surface area contributed by atoms with E-state index in [0.29, 0.717) is 5.56 Å². The van der Waals surface area contributed by atoms with Crippen LogP contribution in [0.3, 0.4) is 0 Å². The standard InChI is InChI=1S/C17H17N3O3/c1-12-7-5-6-10-14(12)15(21)19-20-17(23)16(22)18-11-13-8-3-2-4-9-13/h2-10H,11H2,1H3,(H,18,22)(H,19,21)(H,20,23). The van der Waals surface area contributed by atoms with Crippen LogP contribution in [0.4, 0.5) is 0 Å². The highest BCUT2D eigenvalue weighted by Gasteiger charge is 2.15. The first-order chi connectivity index (χ1) is 11.1. The average Bonchev–Trinajstić information content (AvgIpc) is 2.58. The van der Waals surface area contributed by atoms with E-state index in [4.69, 9.17) is 0 Å². The number of amides is 3. The zero-order valence-corrected chi connectivity index (χ0v) is 12.6. The Hall–Kier alpha value is -3.15. The predicted molar refractivity (Wildman–Crippen MR) is 85.1 cm³/mol. The number of nitrogens with one attached hydrogen (secondary N) is 3. The molecule has 0 radical (unpaired) electrons. The van der Waals surface area contributed by atoms with Gasteiger partial charge in [-0.2, -0.15) is 0 Å². The lowest BCUT2D eigenvalue weighted by molar-refractivity contribution is -0.139. The van der Waals surface area contributed by atoms with Crippen LogP contribution < -0.4 is 16.2 Å². The van der Waals surface area contributed by atoms with Gasteiger partial charge in [0.05, 0.1) is 0 Å². The van der Waals surface area contributed by atoms with E-state index in [-0.39, 0.29) is 6.54 Å². The zero-order valence-electron chi connectivity index (χ0n) is 12.6. The molecular formula is C17H17N3O3. The molecule has 2 aromatic carbocycles. The number of aryl methyl sites for hydroxylation is 1. The third kappa shape index (κ3) is 4.67. The van der Waals surface area contributed by atoms with E-state index in [2.05, 4.69) is 16.2 Å². The van der Waals surface area contributed by atoms with E-state index in [1.165, 1.54) is 0 Å². The minimum atomic E-state index is -0.928. The summed E-state index contributed by atoms with van der Waals surface area (Å²) in [6, 6.07) is 16.1. The van der Waals surface area contributed by atoms with Crippen LogP contribution in [0.25, 0.3) is 0 Å². The van der Waals surface area contributed by atoms with Crippen molar-refractivity contribution in [2.45, 2.75) is 13.5 Å². The van der Waals surface area contributed by atoms with Crippen molar-refractivity contribution in [3.05, 3.63) is 71.3 Å². The second-order valence-electron chi connectivity index (χ2n) is 4.89. The van der Waals surface area contributed by atoms with E-state index in [0.717, 1.165) is 11.1 Å². The number of carbonyl (C=O) groups is 3. The van der Waals surface area contributed by atoms with Crippen LogP contribution in [-0.2, 0) is 16.1 Å². The average molecular weight is 311 g/mol. The molecule has 0 saturated carbocycles. The van der Waals surface area contributed by atoms with Crippen LogP contribution >= 0.6 is 0 Å². The molecule has 0 unspecified atom stereocenters. The summed E-state index contributed by atoms with van der Waals surface area (Å²) in [6.07, 6.45) is 0. The summed E-state index contributed by atoms with van der Waals surface area (Å²) in [7, 11) is 0. The summed E-state index contributed by atoms with van der Waals surface area (Å²) in [5, 5.41) is 2.47. The van der Waals surface area contributed by atoms with Gasteiger partial charge in [-0.1, -0.05) is 48.5 Å². The summed E-state index contributed by atoms with van der Waals surface area (Å²) in [5.74, 6) is -2.23. The normalized spacial score (nSPS) is 9.78. The predicted octanol–water partition coefficient (Wildman–Crippen LogP) is 1.07. The van der Waals surface area contributed by atoms with Gasteiger partial charge in [0.1, 0.15) is 0 Å². The molecule has 0 fully saturated rings. The number of hydrogen-bond donors (Lipinski definition) is 3. The van der Waals surface area contributed by atoms with Crippen molar-refractivity contribution in [2.75, 3.05) is 0 Å². The minimum Gasteiger partial charge on any atom is -0.344 e. The van der Waals surface area contributed by atoms with Gasteiger partial charge in [-0.3, -0.25) is 25.2 Å². The third-order valence-corrected chi connectivity index (χ3v) is 3.18. The lowest BCUT2D eigenvalue weighted by Crippen LogP contribution is -2.48. The Morgan fingerprint density at radius 1 is 0.826 bits per heavy atom. The zero-order chi connectivity index (χ0) is 16.7. The van der Waals surface area contributed by atoms with Crippen molar-refractivity contribution in [3.8, 4) is 0 Å². The molecule has 23 heavy (non-hydrogen) atoms. The van der Waals surface area contributed by atoms with Gasteiger partial charge < -0.3 is 5.32 Å². The van der Waals surface area contributed by atoms with E-state index in [1.807, 2.05) is 36.4 Å². The van der Waals surface area contributed by atoms with E-state index >= 15 is 0 Å². The maximum atomic E-state index is 11.9. The topological polar surface area (TPSA) is 87.3 Å². The van der Waals surface area contributed by atoms with Crippen molar-refractivity contribution in [1.29, 1.82) is 0 Å². The molecule has 0 saturated heterocycles. The molecule has 0 aliphatic heterocycles. The van der Waals surface area contributed by atoms with Gasteiger partial charge in [-0.05, 0) is 24.1 Å². The highest BCUT2D eigenvalue weighted by atomic mass is 16.2. The highest BCUT2D eigenvalue weighted by molar-refractivity contribution is 6.35. The summed E-state index contributed by atoms with van der Waals surface area (Å²) in [6.45, 7) is 2.02.